The average molecular weight is 336 g/mol. The van der Waals surface area contributed by atoms with E-state index in [-0.39, 0.29) is 5.91 Å². The van der Waals surface area contributed by atoms with Crippen molar-refractivity contribution < 1.29 is 9.21 Å². The molecule has 1 aromatic heterocycles. The van der Waals surface area contributed by atoms with Crippen molar-refractivity contribution in [3.8, 4) is 0 Å². The predicted octanol–water partition coefficient (Wildman–Crippen LogP) is 3.91. The van der Waals surface area contributed by atoms with Crippen molar-refractivity contribution in [1.29, 1.82) is 0 Å². The number of amides is 1. The van der Waals surface area contributed by atoms with Crippen LogP contribution >= 0.6 is 15.9 Å². The molecule has 0 saturated heterocycles. The van der Waals surface area contributed by atoms with Crippen LogP contribution in [0.2, 0.25) is 0 Å². The molecule has 1 N–H and O–H groups in total. The van der Waals surface area contributed by atoms with Crippen molar-refractivity contribution in [1.82, 2.24) is 5.32 Å². The smallest absolute Gasteiger partial charge is 0.220 e. The lowest BCUT2D eigenvalue weighted by molar-refractivity contribution is -0.121. The molecular weight excluding hydrogens is 318 g/mol. The van der Waals surface area contributed by atoms with Gasteiger partial charge in [0.2, 0.25) is 5.91 Å². The molecule has 0 aliphatic heterocycles. The second-order valence-corrected chi connectivity index (χ2v) is 5.76. The van der Waals surface area contributed by atoms with Gasteiger partial charge < -0.3 is 9.73 Å². The maximum absolute atomic E-state index is 11.8. The van der Waals surface area contributed by atoms with Crippen molar-refractivity contribution >= 4 is 21.8 Å². The van der Waals surface area contributed by atoms with Crippen molar-refractivity contribution in [3.63, 3.8) is 0 Å². The number of aryl methyl sites for hydroxylation is 3. The van der Waals surface area contributed by atoms with E-state index in [1.807, 2.05) is 44.2 Å². The van der Waals surface area contributed by atoms with Crippen molar-refractivity contribution in [2.45, 2.75) is 33.2 Å². The Hall–Kier alpha value is -1.55. The summed E-state index contributed by atoms with van der Waals surface area (Å²) in [5, 5.41) is 2.93. The van der Waals surface area contributed by atoms with Gasteiger partial charge in [0.15, 0.2) is 0 Å². The minimum atomic E-state index is 0.0585. The molecule has 2 aromatic rings. The molecule has 0 atom stereocenters. The topological polar surface area (TPSA) is 42.2 Å². The number of carbonyl (C=O) groups excluding carboxylic acids is 1. The SMILES string of the molecule is Cc1cc(CNC(=O)CCc2cccc(Br)c2)c(C)o1. The molecule has 1 heterocycles. The number of hydrogen-bond donors (Lipinski definition) is 1. The minimum Gasteiger partial charge on any atom is -0.466 e. The molecule has 1 amide bonds. The van der Waals surface area contributed by atoms with Crippen LogP contribution in [0.3, 0.4) is 0 Å². The van der Waals surface area contributed by atoms with E-state index in [2.05, 4.69) is 21.2 Å². The lowest BCUT2D eigenvalue weighted by atomic mass is 10.1. The lowest BCUT2D eigenvalue weighted by Gasteiger charge is -2.05. The lowest BCUT2D eigenvalue weighted by Crippen LogP contribution is -2.23. The number of benzene rings is 1. The van der Waals surface area contributed by atoms with Gasteiger partial charge >= 0.3 is 0 Å². The summed E-state index contributed by atoms with van der Waals surface area (Å²) in [6.07, 6.45) is 1.24. The molecule has 0 spiro atoms. The zero-order valence-corrected chi connectivity index (χ0v) is 13.3. The third kappa shape index (κ3) is 4.23. The van der Waals surface area contributed by atoms with E-state index in [0.29, 0.717) is 13.0 Å². The fraction of sp³-hybridized carbons (Fsp3) is 0.312. The molecule has 2 rings (SSSR count). The standard InChI is InChI=1S/C16H18BrNO2/c1-11-8-14(12(2)20-11)10-18-16(19)7-6-13-4-3-5-15(17)9-13/h3-5,8-9H,6-7,10H2,1-2H3,(H,18,19). The van der Waals surface area contributed by atoms with Crippen LogP contribution in [0, 0.1) is 13.8 Å². The molecule has 3 nitrogen and oxygen atoms in total. The van der Waals surface area contributed by atoms with Gasteiger partial charge in [0.1, 0.15) is 11.5 Å². The predicted molar refractivity (Wildman–Crippen MR) is 82.5 cm³/mol. The molecular formula is C16H18BrNO2. The summed E-state index contributed by atoms with van der Waals surface area (Å²) in [5.41, 5.74) is 2.20. The molecule has 1 aromatic carbocycles. The molecule has 0 unspecified atom stereocenters. The number of halogens is 1. The molecule has 0 fully saturated rings. The first-order chi connectivity index (χ1) is 9.54. The number of carbonyl (C=O) groups is 1. The van der Waals surface area contributed by atoms with Gasteiger partial charge in [-0.15, -0.1) is 0 Å². The van der Waals surface area contributed by atoms with Crippen molar-refractivity contribution in [3.05, 3.63) is 57.5 Å². The number of nitrogens with one attached hydrogen (secondary N) is 1. The van der Waals surface area contributed by atoms with Crippen LogP contribution in [0.15, 0.2) is 39.2 Å². The normalized spacial score (nSPS) is 10.6. The Morgan fingerprint density at radius 1 is 1.30 bits per heavy atom. The van der Waals surface area contributed by atoms with Crippen LogP contribution in [0.25, 0.3) is 0 Å². The van der Waals surface area contributed by atoms with E-state index < -0.39 is 0 Å². The highest BCUT2D eigenvalue weighted by atomic mass is 79.9. The van der Waals surface area contributed by atoms with Crippen LogP contribution in [0.1, 0.15) is 29.1 Å². The molecule has 0 aliphatic rings. The maximum atomic E-state index is 11.8. The van der Waals surface area contributed by atoms with Crippen molar-refractivity contribution in [2.24, 2.45) is 0 Å². The Labute approximate surface area is 127 Å². The second kappa shape index (κ2) is 6.75. The number of rotatable bonds is 5. The van der Waals surface area contributed by atoms with E-state index in [1.54, 1.807) is 0 Å². The molecule has 20 heavy (non-hydrogen) atoms. The average Bonchev–Trinajstić information content (AvgIpc) is 2.72. The molecule has 0 saturated carbocycles. The van der Waals surface area contributed by atoms with Crippen LogP contribution in [0.4, 0.5) is 0 Å². The summed E-state index contributed by atoms with van der Waals surface area (Å²) >= 11 is 3.43. The first-order valence-electron chi connectivity index (χ1n) is 6.61. The zero-order chi connectivity index (χ0) is 14.5. The maximum Gasteiger partial charge on any atom is 0.220 e. The molecule has 0 bridgehead atoms. The fourth-order valence-electron chi connectivity index (χ4n) is 2.09. The summed E-state index contributed by atoms with van der Waals surface area (Å²) in [6, 6.07) is 9.99. The molecule has 4 heteroatoms. The van der Waals surface area contributed by atoms with Gasteiger partial charge in [-0.05, 0) is 44.0 Å². The third-order valence-corrected chi connectivity index (χ3v) is 3.64. The Morgan fingerprint density at radius 3 is 2.75 bits per heavy atom. The van der Waals surface area contributed by atoms with Crippen LogP contribution in [-0.2, 0) is 17.8 Å². The number of hydrogen-bond acceptors (Lipinski definition) is 2. The first kappa shape index (κ1) is 14.9. The Kier molecular flexibility index (Phi) is 5.01. The van der Waals surface area contributed by atoms with E-state index in [9.17, 15) is 4.79 Å². The van der Waals surface area contributed by atoms with Crippen LogP contribution in [-0.4, -0.2) is 5.91 Å². The largest absolute Gasteiger partial charge is 0.466 e. The quantitative estimate of drug-likeness (QED) is 0.900. The zero-order valence-electron chi connectivity index (χ0n) is 11.7. The molecule has 0 radical (unpaired) electrons. The summed E-state index contributed by atoms with van der Waals surface area (Å²) in [7, 11) is 0. The summed E-state index contributed by atoms with van der Waals surface area (Å²) in [4.78, 5) is 11.8. The molecule has 0 aliphatic carbocycles. The van der Waals surface area contributed by atoms with E-state index >= 15 is 0 Å². The summed E-state index contributed by atoms with van der Waals surface area (Å²) in [6.45, 7) is 4.35. The van der Waals surface area contributed by atoms with Gasteiger partial charge in [0.25, 0.3) is 0 Å². The van der Waals surface area contributed by atoms with E-state index in [4.69, 9.17) is 4.42 Å². The summed E-state index contributed by atoms with van der Waals surface area (Å²) < 4.78 is 6.47. The van der Waals surface area contributed by atoms with Crippen LogP contribution in [0.5, 0.6) is 0 Å². The van der Waals surface area contributed by atoms with Gasteiger partial charge in [-0.25, -0.2) is 0 Å². The van der Waals surface area contributed by atoms with Gasteiger partial charge in [-0.2, -0.15) is 0 Å². The van der Waals surface area contributed by atoms with Gasteiger partial charge in [-0.3, -0.25) is 4.79 Å². The fourth-order valence-corrected chi connectivity index (χ4v) is 2.54. The number of furan rings is 1. The van der Waals surface area contributed by atoms with Crippen molar-refractivity contribution in [2.75, 3.05) is 0 Å². The van der Waals surface area contributed by atoms with Crippen LogP contribution < -0.4 is 5.32 Å². The summed E-state index contributed by atoms with van der Waals surface area (Å²) in [5.74, 6) is 1.80. The Morgan fingerprint density at radius 2 is 2.10 bits per heavy atom. The second-order valence-electron chi connectivity index (χ2n) is 4.85. The Balaban J connectivity index is 1.80. The Bertz CT molecular complexity index is 604. The highest BCUT2D eigenvalue weighted by molar-refractivity contribution is 9.10. The molecule has 106 valence electrons. The highest BCUT2D eigenvalue weighted by Gasteiger charge is 2.07. The third-order valence-electron chi connectivity index (χ3n) is 3.15. The monoisotopic (exact) mass is 335 g/mol. The first-order valence-corrected chi connectivity index (χ1v) is 7.41. The highest BCUT2D eigenvalue weighted by Crippen LogP contribution is 2.14. The van der Waals surface area contributed by atoms with E-state index in [1.165, 1.54) is 0 Å². The van der Waals surface area contributed by atoms with Gasteiger partial charge in [-0.1, -0.05) is 28.1 Å². The van der Waals surface area contributed by atoms with Gasteiger partial charge in [0, 0.05) is 23.0 Å². The van der Waals surface area contributed by atoms with E-state index in [0.717, 1.165) is 33.5 Å². The minimum absolute atomic E-state index is 0.0585. The van der Waals surface area contributed by atoms with Gasteiger partial charge in [0.05, 0.1) is 0 Å².